The Morgan fingerprint density at radius 3 is 2.35 bits per heavy atom. The standard InChI is InChI=1S/C9H5F5N2O4/c10-8(11)6-3(9(12,13)14)2-15-4(1-5(17)18)7(6)16(19)20/h2,8H,1H2,(H,17,18). The van der Waals surface area contributed by atoms with Gasteiger partial charge in [-0.15, -0.1) is 0 Å². The average Bonchev–Trinajstić information content (AvgIpc) is 2.25. The predicted molar refractivity (Wildman–Crippen MR) is 52.2 cm³/mol. The fraction of sp³-hybridized carbons (Fsp3) is 0.333. The van der Waals surface area contributed by atoms with Crippen LogP contribution in [0.15, 0.2) is 6.20 Å². The van der Waals surface area contributed by atoms with E-state index in [1.807, 2.05) is 0 Å². The summed E-state index contributed by atoms with van der Waals surface area (Å²) in [6.07, 6.45) is -10.3. The molecular weight excluding hydrogens is 295 g/mol. The van der Waals surface area contributed by atoms with Gasteiger partial charge in [0.2, 0.25) is 0 Å². The molecule has 110 valence electrons. The van der Waals surface area contributed by atoms with Crippen LogP contribution in [0, 0.1) is 10.1 Å². The highest BCUT2D eigenvalue weighted by Gasteiger charge is 2.42. The van der Waals surface area contributed by atoms with Crippen LogP contribution in [0.25, 0.3) is 0 Å². The molecule has 0 atom stereocenters. The molecule has 1 heterocycles. The normalized spacial score (nSPS) is 11.7. The van der Waals surface area contributed by atoms with Crippen molar-refractivity contribution < 1.29 is 36.8 Å². The third-order valence-electron chi connectivity index (χ3n) is 2.19. The fourth-order valence-electron chi connectivity index (χ4n) is 1.48. The van der Waals surface area contributed by atoms with Gasteiger partial charge in [-0.3, -0.25) is 19.9 Å². The predicted octanol–water partition coefficient (Wildman–Crippen LogP) is 2.57. The van der Waals surface area contributed by atoms with Crippen LogP contribution in [0.3, 0.4) is 0 Å². The number of pyridine rings is 1. The lowest BCUT2D eigenvalue weighted by molar-refractivity contribution is -0.387. The Kier molecular flexibility index (Phi) is 4.20. The summed E-state index contributed by atoms with van der Waals surface area (Å²) in [5.74, 6) is -1.65. The smallest absolute Gasteiger partial charge is 0.418 e. The van der Waals surface area contributed by atoms with Crippen LogP contribution in [0.2, 0.25) is 0 Å². The number of aliphatic carboxylic acids is 1. The van der Waals surface area contributed by atoms with E-state index < -0.39 is 52.4 Å². The highest BCUT2D eigenvalue weighted by molar-refractivity contribution is 5.72. The number of hydrogen-bond donors (Lipinski definition) is 1. The van der Waals surface area contributed by atoms with Gasteiger partial charge in [-0.2, -0.15) is 13.2 Å². The lowest BCUT2D eigenvalue weighted by Crippen LogP contribution is -2.16. The molecule has 1 aromatic rings. The Morgan fingerprint density at radius 2 is 2.00 bits per heavy atom. The first-order valence-electron chi connectivity index (χ1n) is 4.79. The van der Waals surface area contributed by atoms with E-state index in [4.69, 9.17) is 5.11 Å². The molecule has 1 aromatic heterocycles. The highest BCUT2D eigenvalue weighted by atomic mass is 19.4. The van der Waals surface area contributed by atoms with E-state index in [0.717, 1.165) is 0 Å². The summed E-state index contributed by atoms with van der Waals surface area (Å²) in [4.78, 5) is 22.6. The van der Waals surface area contributed by atoms with Gasteiger partial charge in [0.15, 0.2) is 0 Å². The molecule has 0 aliphatic carbocycles. The molecule has 0 aliphatic heterocycles. The molecule has 0 bridgehead atoms. The second kappa shape index (κ2) is 5.35. The second-order valence-corrected chi connectivity index (χ2v) is 3.51. The summed E-state index contributed by atoms with van der Waals surface area (Å²) >= 11 is 0. The van der Waals surface area contributed by atoms with Gasteiger partial charge in [-0.25, -0.2) is 8.78 Å². The molecule has 20 heavy (non-hydrogen) atoms. The molecule has 11 heteroatoms. The molecule has 0 aromatic carbocycles. The van der Waals surface area contributed by atoms with Gasteiger partial charge in [0, 0.05) is 6.20 Å². The van der Waals surface area contributed by atoms with E-state index in [9.17, 15) is 36.9 Å². The maximum atomic E-state index is 12.7. The minimum Gasteiger partial charge on any atom is -0.481 e. The molecule has 0 aliphatic rings. The number of hydrogen-bond acceptors (Lipinski definition) is 4. The number of nitrogens with zero attached hydrogens (tertiary/aromatic N) is 2. The first-order valence-corrected chi connectivity index (χ1v) is 4.79. The lowest BCUT2D eigenvalue weighted by Gasteiger charge is -2.13. The summed E-state index contributed by atoms with van der Waals surface area (Å²) in [7, 11) is 0. The zero-order valence-corrected chi connectivity index (χ0v) is 9.32. The van der Waals surface area contributed by atoms with Gasteiger partial charge in [0.05, 0.1) is 16.9 Å². The van der Waals surface area contributed by atoms with Crippen molar-refractivity contribution in [1.82, 2.24) is 4.98 Å². The quantitative estimate of drug-likeness (QED) is 0.524. The Morgan fingerprint density at radius 1 is 1.45 bits per heavy atom. The third kappa shape index (κ3) is 3.16. The third-order valence-corrected chi connectivity index (χ3v) is 2.19. The van der Waals surface area contributed by atoms with E-state index in [1.54, 1.807) is 0 Å². The molecule has 0 spiro atoms. The molecule has 0 fully saturated rings. The number of aromatic nitrogens is 1. The zero-order chi connectivity index (χ0) is 15.7. The summed E-state index contributed by atoms with van der Waals surface area (Å²) in [6, 6.07) is 0. The molecule has 0 saturated carbocycles. The summed E-state index contributed by atoms with van der Waals surface area (Å²) in [5, 5.41) is 19.1. The van der Waals surface area contributed by atoms with Crippen molar-refractivity contribution in [2.24, 2.45) is 0 Å². The summed E-state index contributed by atoms with van der Waals surface area (Å²) in [6.45, 7) is 0. The molecule has 0 unspecified atom stereocenters. The molecular formula is C9H5F5N2O4. The van der Waals surface area contributed by atoms with Gasteiger partial charge in [-0.1, -0.05) is 0 Å². The van der Waals surface area contributed by atoms with Crippen molar-refractivity contribution in [2.45, 2.75) is 19.0 Å². The summed E-state index contributed by atoms with van der Waals surface area (Å²) < 4.78 is 63.0. The number of halogens is 5. The van der Waals surface area contributed by atoms with Crippen LogP contribution in [0.1, 0.15) is 23.2 Å². The Balaban J connectivity index is 3.67. The van der Waals surface area contributed by atoms with E-state index >= 15 is 0 Å². The Hall–Kier alpha value is -2.33. The van der Waals surface area contributed by atoms with E-state index in [-0.39, 0.29) is 6.20 Å². The monoisotopic (exact) mass is 300 g/mol. The van der Waals surface area contributed by atoms with E-state index in [1.165, 1.54) is 0 Å². The zero-order valence-electron chi connectivity index (χ0n) is 9.32. The van der Waals surface area contributed by atoms with Crippen molar-refractivity contribution >= 4 is 11.7 Å². The first-order chi connectivity index (χ1) is 9.05. The lowest BCUT2D eigenvalue weighted by atomic mass is 10.0. The van der Waals surface area contributed by atoms with Crippen LogP contribution in [0.5, 0.6) is 0 Å². The Labute approximate surface area is 107 Å². The van der Waals surface area contributed by atoms with Crippen LogP contribution in [-0.4, -0.2) is 21.0 Å². The molecule has 1 N–H and O–H groups in total. The van der Waals surface area contributed by atoms with Crippen LogP contribution >= 0.6 is 0 Å². The maximum absolute atomic E-state index is 12.7. The van der Waals surface area contributed by atoms with Gasteiger partial charge in [-0.05, 0) is 0 Å². The van der Waals surface area contributed by atoms with E-state index in [2.05, 4.69) is 4.98 Å². The molecule has 1 rings (SSSR count). The number of carbonyl (C=O) groups is 1. The first kappa shape index (κ1) is 15.7. The molecule has 0 saturated heterocycles. The van der Waals surface area contributed by atoms with Gasteiger partial charge in [0.1, 0.15) is 11.3 Å². The van der Waals surface area contributed by atoms with Crippen molar-refractivity contribution in [3.8, 4) is 0 Å². The van der Waals surface area contributed by atoms with Gasteiger partial charge in [0.25, 0.3) is 6.43 Å². The SMILES string of the molecule is O=C(O)Cc1ncc(C(F)(F)F)c(C(F)F)c1[N+](=O)[O-]. The Bertz CT molecular complexity index is 558. The number of rotatable bonds is 4. The van der Waals surface area contributed by atoms with Crippen LogP contribution < -0.4 is 0 Å². The largest absolute Gasteiger partial charge is 0.481 e. The van der Waals surface area contributed by atoms with Gasteiger partial charge >= 0.3 is 17.8 Å². The van der Waals surface area contributed by atoms with Crippen LogP contribution in [-0.2, 0) is 17.4 Å². The van der Waals surface area contributed by atoms with Crippen molar-refractivity contribution in [3.63, 3.8) is 0 Å². The number of carboxylic acid groups (broad SMARTS) is 1. The molecule has 6 nitrogen and oxygen atoms in total. The molecule has 0 radical (unpaired) electrons. The minimum atomic E-state index is -5.27. The number of nitro groups is 1. The van der Waals surface area contributed by atoms with E-state index in [0.29, 0.717) is 0 Å². The molecule has 0 amide bonds. The van der Waals surface area contributed by atoms with Crippen molar-refractivity contribution in [3.05, 3.63) is 33.1 Å². The van der Waals surface area contributed by atoms with Crippen molar-refractivity contribution in [2.75, 3.05) is 0 Å². The maximum Gasteiger partial charge on any atom is 0.418 e. The summed E-state index contributed by atoms with van der Waals surface area (Å²) in [5.41, 5.74) is -6.44. The van der Waals surface area contributed by atoms with Crippen LogP contribution in [0.4, 0.5) is 27.6 Å². The minimum absolute atomic E-state index is 0.0350. The van der Waals surface area contributed by atoms with Gasteiger partial charge < -0.3 is 5.11 Å². The highest BCUT2D eigenvalue weighted by Crippen LogP contribution is 2.41. The average molecular weight is 300 g/mol. The number of alkyl halides is 5. The second-order valence-electron chi connectivity index (χ2n) is 3.51. The number of carboxylic acids is 1. The van der Waals surface area contributed by atoms with Crippen molar-refractivity contribution in [1.29, 1.82) is 0 Å². The fourth-order valence-corrected chi connectivity index (χ4v) is 1.48. The topological polar surface area (TPSA) is 93.3 Å².